The predicted octanol–water partition coefficient (Wildman–Crippen LogP) is 4.39. The van der Waals surface area contributed by atoms with Gasteiger partial charge in [0, 0.05) is 11.1 Å². The minimum Gasteiger partial charge on any atom is -0.345 e. The van der Waals surface area contributed by atoms with Crippen LogP contribution in [0.15, 0.2) is 0 Å². The molecule has 2 nitrogen and oxygen atoms in total. The highest BCUT2D eigenvalue weighted by molar-refractivity contribution is 5.26. The highest BCUT2D eigenvalue weighted by Gasteiger charge is 2.57. The van der Waals surface area contributed by atoms with Gasteiger partial charge in [0.25, 0.3) is 0 Å². The number of hydrogen-bond donors (Lipinski definition) is 1. The van der Waals surface area contributed by atoms with Crippen molar-refractivity contribution < 1.29 is 0 Å². The maximum absolute atomic E-state index is 5.15. The van der Waals surface area contributed by atoms with Crippen LogP contribution in [0.1, 0.15) is 76.0 Å². The fourth-order valence-electron chi connectivity index (χ4n) is 6.90. The van der Waals surface area contributed by atoms with Gasteiger partial charge in [-0.1, -0.05) is 13.8 Å². The number of aromatic nitrogens is 2. The van der Waals surface area contributed by atoms with Gasteiger partial charge in [0.05, 0.1) is 5.69 Å². The monoisotopic (exact) mass is 284 g/mol. The minimum atomic E-state index is 0.416. The van der Waals surface area contributed by atoms with E-state index in [1.165, 1.54) is 75.0 Å². The van der Waals surface area contributed by atoms with Gasteiger partial charge in [0.2, 0.25) is 0 Å². The highest BCUT2D eigenvalue weighted by atomic mass is 15.0. The lowest BCUT2D eigenvalue weighted by atomic mass is 9.44. The molecule has 114 valence electrons. The number of nitrogens with zero attached hydrogens (tertiary/aromatic N) is 1. The third-order valence-electron chi connectivity index (χ3n) is 7.15. The van der Waals surface area contributed by atoms with E-state index in [-0.39, 0.29) is 0 Å². The molecule has 4 bridgehead atoms. The first-order chi connectivity index (χ1) is 10.0. The summed E-state index contributed by atoms with van der Waals surface area (Å²) in [7, 11) is 0. The first-order valence-corrected chi connectivity index (χ1v) is 9.12. The average Bonchev–Trinajstić information content (AvgIpc) is 2.79. The molecule has 21 heavy (non-hydrogen) atoms. The quantitative estimate of drug-likeness (QED) is 0.814. The van der Waals surface area contributed by atoms with Gasteiger partial charge in [-0.25, -0.2) is 4.98 Å². The van der Waals surface area contributed by atoms with Crippen LogP contribution < -0.4 is 0 Å². The van der Waals surface area contributed by atoms with E-state index in [1.54, 1.807) is 0 Å². The molecule has 5 aliphatic carbocycles. The van der Waals surface area contributed by atoms with E-state index in [4.69, 9.17) is 4.98 Å². The Morgan fingerprint density at radius 1 is 1.14 bits per heavy atom. The molecule has 1 aromatic heterocycles. The molecule has 1 aromatic rings. The molecule has 0 aliphatic heterocycles. The highest BCUT2D eigenvalue weighted by Crippen LogP contribution is 2.65. The van der Waals surface area contributed by atoms with Crippen molar-refractivity contribution in [2.24, 2.45) is 23.2 Å². The Kier molecular flexibility index (Phi) is 2.39. The van der Waals surface area contributed by atoms with Crippen LogP contribution in [0.5, 0.6) is 0 Å². The molecule has 3 unspecified atom stereocenters. The van der Waals surface area contributed by atoms with Crippen LogP contribution in [0.2, 0.25) is 0 Å². The zero-order chi connectivity index (χ0) is 14.2. The average molecular weight is 284 g/mol. The molecule has 0 radical (unpaired) electrons. The molecule has 4 fully saturated rings. The lowest BCUT2D eigenvalue weighted by molar-refractivity contribution is -0.0646. The molecular formula is C19H28N2. The van der Waals surface area contributed by atoms with Crippen molar-refractivity contribution in [2.45, 2.75) is 77.0 Å². The second-order valence-corrected chi connectivity index (χ2v) is 9.41. The largest absolute Gasteiger partial charge is 0.345 e. The Hall–Kier alpha value is -0.790. The van der Waals surface area contributed by atoms with E-state index in [2.05, 4.69) is 18.8 Å². The van der Waals surface area contributed by atoms with Crippen LogP contribution in [-0.4, -0.2) is 9.97 Å². The second kappa shape index (κ2) is 3.94. The first kappa shape index (κ1) is 12.7. The Bertz CT molecular complexity index is 570. The lowest BCUT2D eigenvalue weighted by Gasteiger charge is -2.60. The summed E-state index contributed by atoms with van der Waals surface area (Å²) >= 11 is 0. The standard InChI is InChI=1S/C19H28N2/c1-12-3-4-15-16(5-12)21-17(20-15)19-9-13-6-14(10-19)8-18(2,7-13)11-19/h12-14H,3-11H2,1-2H3,(H,20,21). The van der Waals surface area contributed by atoms with Gasteiger partial charge >= 0.3 is 0 Å². The molecule has 0 spiro atoms. The SMILES string of the molecule is CC1CCc2nc(C34CC5CC(CC(C)(C5)C3)C4)[nH]c2C1. The van der Waals surface area contributed by atoms with Crippen LogP contribution in [0.4, 0.5) is 0 Å². The van der Waals surface area contributed by atoms with E-state index in [1.807, 2.05) is 0 Å². The van der Waals surface area contributed by atoms with Crippen molar-refractivity contribution in [2.75, 3.05) is 0 Å². The van der Waals surface area contributed by atoms with Gasteiger partial charge < -0.3 is 4.98 Å². The van der Waals surface area contributed by atoms with Crippen molar-refractivity contribution in [1.29, 1.82) is 0 Å². The summed E-state index contributed by atoms with van der Waals surface area (Å²) in [6.45, 7) is 4.94. The topological polar surface area (TPSA) is 28.7 Å². The zero-order valence-electron chi connectivity index (χ0n) is 13.5. The fraction of sp³-hybridized carbons (Fsp3) is 0.842. The molecule has 4 saturated carbocycles. The maximum atomic E-state index is 5.15. The van der Waals surface area contributed by atoms with Gasteiger partial charge in [-0.05, 0) is 81.0 Å². The fourth-order valence-corrected chi connectivity index (χ4v) is 6.90. The third-order valence-corrected chi connectivity index (χ3v) is 7.15. The molecule has 0 saturated heterocycles. The minimum absolute atomic E-state index is 0.416. The number of aromatic amines is 1. The number of aryl methyl sites for hydroxylation is 1. The van der Waals surface area contributed by atoms with Gasteiger partial charge in [-0.2, -0.15) is 0 Å². The Balaban J connectivity index is 1.55. The molecule has 6 rings (SSSR count). The smallest absolute Gasteiger partial charge is 0.112 e. The Morgan fingerprint density at radius 3 is 2.62 bits per heavy atom. The Labute approximate surface area is 128 Å². The van der Waals surface area contributed by atoms with Crippen LogP contribution >= 0.6 is 0 Å². The van der Waals surface area contributed by atoms with E-state index < -0.39 is 0 Å². The third kappa shape index (κ3) is 1.80. The summed E-state index contributed by atoms with van der Waals surface area (Å²) in [6, 6.07) is 0. The lowest BCUT2D eigenvalue weighted by Crippen LogP contribution is -2.53. The zero-order valence-corrected chi connectivity index (χ0v) is 13.5. The molecule has 2 heteroatoms. The summed E-state index contributed by atoms with van der Waals surface area (Å²) in [5.74, 6) is 4.19. The molecule has 0 aromatic carbocycles. The number of imidazole rings is 1. The van der Waals surface area contributed by atoms with Gasteiger partial charge in [-0.3, -0.25) is 0 Å². The number of hydrogen-bond acceptors (Lipinski definition) is 1. The summed E-state index contributed by atoms with van der Waals surface area (Å²) < 4.78 is 0. The molecule has 1 N–H and O–H groups in total. The first-order valence-electron chi connectivity index (χ1n) is 9.12. The van der Waals surface area contributed by atoms with Crippen molar-refractivity contribution in [1.82, 2.24) is 9.97 Å². The summed E-state index contributed by atoms with van der Waals surface area (Å²) in [4.78, 5) is 8.98. The number of rotatable bonds is 1. The van der Waals surface area contributed by atoms with E-state index in [0.29, 0.717) is 10.8 Å². The molecular weight excluding hydrogens is 256 g/mol. The van der Waals surface area contributed by atoms with E-state index >= 15 is 0 Å². The maximum Gasteiger partial charge on any atom is 0.112 e. The van der Waals surface area contributed by atoms with E-state index in [0.717, 1.165) is 17.8 Å². The number of H-pyrrole nitrogens is 1. The predicted molar refractivity (Wildman–Crippen MR) is 84.2 cm³/mol. The summed E-state index contributed by atoms with van der Waals surface area (Å²) in [6.07, 6.45) is 12.5. The van der Waals surface area contributed by atoms with Crippen molar-refractivity contribution in [3.05, 3.63) is 17.2 Å². The Morgan fingerprint density at radius 2 is 1.90 bits per heavy atom. The van der Waals surface area contributed by atoms with Gasteiger partial charge in [0.15, 0.2) is 0 Å². The molecule has 0 amide bonds. The van der Waals surface area contributed by atoms with Crippen molar-refractivity contribution in [3.8, 4) is 0 Å². The van der Waals surface area contributed by atoms with Crippen molar-refractivity contribution >= 4 is 0 Å². The normalized spacial score (nSPS) is 47.6. The van der Waals surface area contributed by atoms with Gasteiger partial charge in [-0.15, -0.1) is 0 Å². The van der Waals surface area contributed by atoms with Crippen LogP contribution in [0.3, 0.4) is 0 Å². The summed E-state index contributed by atoms with van der Waals surface area (Å²) in [5.41, 5.74) is 3.91. The molecule has 5 aliphatic rings. The summed E-state index contributed by atoms with van der Waals surface area (Å²) in [5, 5.41) is 0. The molecule has 1 heterocycles. The number of fused-ring (bicyclic) bond motifs is 1. The van der Waals surface area contributed by atoms with Crippen LogP contribution in [0, 0.1) is 23.2 Å². The van der Waals surface area contributed by atoms with E-state index in [9.17, 15) is 0 Å². The van der Waals surface area contributed by atoms with Crippen LogP contribution in [-0.2, 0) is 18.3 Å². The molecule has 3 atom stereocenters. The van der Waals surface area contributed by atoms with Crippen molar-refractivity contribution in [3.63, 3.8) is 0 Å². The number of nitrogens with one attached hydrogen (secondary N) is 1. The second-order valence-electron chi connectivity index (χ2n) is 9.41. The van der Waals surface area contributed by atoms with Crippen LogP contribution in [0.25, 0.3) is 0 Å². The van der Waals surface area contributed by atoms with Gasteiger partial charge in [0.1, 0.15) is 5.82 Å².